The van der Waals surface area contributed by atoms with Crippen LogP contribution in [0, 0.1) is 12.8 Å². The smallest absolute Gasteiger partial charge is 0.418 e. The van der Waals surface area contributed by atoms with E-state index in [1.807, 2.05) is 0 Å². The molecule has 2 amide bonds. The van der Waals surface area contributed by atoms with Crippen molar-refractivity contribution in [1.82, 2.24) is 30.1 Å². The highest BCUT2D eigenvalue weighted by Gasteiger charge is 2.62. The lowest BCUT2D eigenvalue weighted by Crippen LogP contribution is -2.70. The van der Waals surface area contributed by atoms with E-state index in [4.69, 9.17) is 4.42 Å². The molecule has 0 radical (unpaired) electrons. The molecule has 2 aromatic heterocycles. The van der Waals surface area contributed by atoms with Gasteiger partial charge in [-0.05, 0) is 37.0 Å². The van der Waals surface area contributed by atoms with Crippen LogP contribution < -0.4 is 5.32 Å². The minimum absolute atomic E-state index is 0.00680. The molecule has 12 heteroatoms. The maximum Gasteiger partial charge on any atom is 0.418 e. The number of hydrogen-bond acceptors (Lipinski definition) is 6. The van der Waals surface area contributed by atoms with E-state index in [-0.39, 0.29) is 17.4 Å². The van der Waals surface area contributed by atoms with Gasteiger partial charge in [0.15, 0.2) is 0 Å². The van der Waals surface area contributed by atoms with Crippen LogP contribution in [0.25, 0.3) is 5.69 Å². The minimum Gasteiger partial charge on any atom is -0.423 e. The lowest BCUT2D eigenvalue weighted by Gasteiger charge is -2.61. The Hall–Kier alpha value is -3.44. The van der Waals surface area contributed by atoms with E-state index in [1.165, 1.54) is 24.5 Å². The molecule has 2 aliphatic rings. The summed E-state index contributed by atoms with van der Waals surface area (Å²) in [5.74, 6) is 1.17. The first-order valence-corrected chi connectivity index (χ1v) is 10.2. The zero-order valence-electron chi connectivity index (χ0n) is 17.3. The molecule has 1 aliphatic carbocycles. The van der Waals surface area contributed by atoms with Crippen LogP contribution in [0.1, 0.15) is 43.5 Å². The highest BCUT2D eigenvalue weighted by molar-refractivity contribution is 5.91. The first-order valence-electron chi connectivity index (χ1n) is 10.2. The van der Waals surface area contributed by atoms with Crippen LogP contribution in [0.15, 0.2) is 35.0 Å². The number of nitrogens with one attached hydrogen (secondary N) is 1. The number of anilines is 1. The SMILES string of the molecule is Cc1nnc(C23CC(C)CC(C2)N3C(=O)Nc2ccc(C(F)(F)F)c(-n3nccn3)c2)o1. The number of urea groups is 1. The third kappa shape index (κ3) is 3.21. The quantitative estimate of drug-likeness (QED) is 0.653. The van der Waals surface area contributed by atoms with Crippen LogP contribution in [-0.2, 0) is 11.7 Å². The van der Waals surface area contributed by atoms with Gasteiger partial charge in [0, 0.05) is 25.1 Å². The number of piperidine rings is 1. The molecule has 1 aliphatic heterocycles. The molecule has 3 aromatic rings. The highest BCUT2D eigenvalue weighted by Crippen LogP contribution is 2.55. The molecule has 2 bridgehead atoms. The molecule has 3 atom stereocenters. The first kappa shape index (κ1) is 20.5. The maximum absolute atomic E-state index is 13.5. The number of aromatic nitrogens is 5. The van der Waals surface area contributed by atoms with E-state index in [0.29, 0.717) is 30.5 Å². The Morgan fingerprint density at radius 2 is 1.97 bits per heavy atom. The molecule has 1 aromatic carbocycles. The average Bonchev–Trinajstić information content (AvgIpc) is 3.38. The number of fused-ring (bicyclic) bond motifs is 2. The van der Waals surface area contributed by atoms with Gasteiger partial charge in [0.1, 0.15) is 5.54 Å². The van der Waals surface area contributed by atoms with Crippen molar-refractivity contribution < 1.29 is 22.4 Å². The van der Waals surface area contributed by atoms with E-state index in [2.05, 4.69) is 32.6 Å². The van der Waals surface area contributed by atoms with Crippen LogP contribution in [0.5, 0.6) is 0 Å². The summed E-state index contributed by atoms with van der Waals surface area (Å²) in [7, 11) is 0. The molecule has 168 valence electrons. The number of aryl methyl sites for hydroxylation is 1. The van der Waals surface area contributed by atoms with Gasteiger partial charge in [-0.15, -0.1) is 10.2 Å². The number of likely N-dealkylation sites (tertiary alicyclic amines) is 1. The second-order valence-corrected chi connectivity index (χ2v) is 8.41. The number of amides is 2. The van der Waals surface area contributed by atoms with Crippen molar-refractivity contribution in [1.29, 1.82) is 0 Å². The zero-order valence-corrected chi connectivity index (χ0v) is 17.3. The summed E-state index contributed by atoms with van der Waals surface area (Å²) in [5.41, 5.74) is -1.68. The Bertz CT molecular complexity index is 1160. The summed E-state index contributed by atoms with van der Waals surface area (Å²) in [6.45, 7) is 3.80. The van der Waals surface area contributed by atoms with Crippen LogP contribution in [0.2, 0.25) is 0 Å². The van der Waals surface area contributed by atoms with Gasteiger partial charge in [0.05, 0.1) is 23.6 Å². The van der Waals surface area contributed by atoms with E-state index in [0.717, 1.165) is 17.3 Å². The maximum atomic E-state index is 13.5. The van der Waals surface area contributed by atoms with Crippen LogP contribution in [0.4, 0.5) is 23.7 Å². The number of halogens is 3. The normalized spacial score (nSPS) is 24.8. The molecular weight excluding hydrogens is 427 g/mol. The molecule has 2 fully saturated rings. The minimum atomic E-state index is -4.60. The third-order valence-electron chi connectivity index (χ3n) is 6.09. The van der Waals surface area contributed by atoms with Crippen molar-refractivity contribution in [3.05, 3.63) is 47.9 Å². The van der Waals surface area contributed by atoms with Gasteiger partial charge in [-0.2, -0.15) is 28.2 Å². The molecule has 0 spiro atoms. The van der Waals surface area contributed by atoms with Gasteiger partial charge in [0.2, 0.25) is 11.8 Å². The molecule has 3 heterocycles. The third-order valence-corrected chi connectivity index (χ3v) is 6.09. The summed E-state index contributed by atoms with van der Waals surface area (Å²) in [5, 5.41) is 18.4. The number of hydrogen-bond donors (Lipinski definition) is 1. The first-order chi connectivity index (χ1) is 15.2. The van der Waals surface area contributed by atoms with Gasteiger partial charge in [-0.1, -0.05) is 6.92 Å². The van der Waals surface area contributed by atoms with E-state index in [9.17, 15) is 18.0 Å². The van der Waals surface area contributed by atoms with Crippen molar-refractivity contribution >= 4 is 11.7 Å². The number of alkyl halides is 3. The second kappa shape index (κ2) is 7.04. The Balaban J connectivity index is 1.46. The Kier molecular flexibility index (Phi) is 4.50. The summed E-state index contributed by atoms with van der Waals surface area (Å²) >= 11 is 0. The monoisotopic (exact) mass is 447 g/mol. The van der Waals surface area contributed by atoms with E-state index in [1.54, 1.807) is 11.8 Å². The lowest BCUT2D eigenvalue weighted by molar-refractivity contribution is -0.137. The summed E-state index contributed by atoms with van der Waals surface area (Å²) in [6.07, 6.45) is 0.178. The summed E-state index contributed by atoms with van der Waals surface area (Å²) < 4.78 is 46.1. The fourth-order valence-corrected chi connectivity index (χ4v) is 4.97. The van der Waals surface area contributed by atoms with Crippen LogP contribution in [-0.4, -0.2) is 42.2 Å². The number of benzene rings is 1. The topological polar surface area (TPSA) is 102 Å². The Morgan fingerprint density at radius 3 is 2.62 bits per heavy atom. The van der Waals surface area contributed by atoms with Crippen LogP contribution >= 0.6 is 0 Å². The van der Waals surface area contributed by atoms with Gasteiger partial charge in [-0.3, -0.25) is 0 Å². The predicted octanol–water partition coefficient (Wildman–Crippen LogP) is 3.91. The number of nitrogens with zero attached hydrogens (tertiary/aromatic N) is 6. The fraction of sp³-hybridized carbons (Fsp3) is 0.450. The molecule has 1 N–H and O–H groups in total. The lowest BCUT2D eigenvalue weighted by atomic mass is 9.64. The van der Waals surface area contributed by atoms with E-state index >= 15 is 0 Å². The highest BCUT2D eigenvalue weighted by atomic mass is 19.4. The van der Waals surface area contributed by atoms with Crippen molar-refractivity contribution in [2.45, 2.75) is 50.9 Å². The van der Waals surface area contributed by atoms with Crippen LogP contribution in [0.3, 0.4) is 0 Å². The number of rotatable bonds is 3. The largest absolute Gasteiger partial charge is 0.423 e. The molecule has 9 nitrogen and oxygen atoms in total. The molecular formula is C20H20F3N7O2. The Labute approximate surface area is 180 Å². The van der Waals surface area contributed by atoms with Crippen molar-refractivity contribution in [3.8, 4) is 5.69 Å². The number of carbonyl (C=O) groups excluding carboxylic acids is 1. The molecule has 5 rings (SSSR count). The zero-order chi connectivity index (χ0) is 22.7. The standard InChI is InChI=1S/C20H20F3N7O2/c1-11-7-14-10-19(9-11,17-28-27-12(2)32-17)29(14)18(31)26-13-3-4-15(20(21,22)23)16(8-13)30-24-5-6-25-30/h3-6,8,11,14H,7,9-10H2,1-2H3,(H,26,31). The fourth-order valence-electron chi connectivity index (χ4n) is 4.97. The average molecular weight is 447 g/mol. The molecule has 1 saturated carbocycles. The number of carbonyl (C=O) groups is 1. The van der Waals surface area contributed by atoms with Crippen molar-refractivity contribution in [3.63, 3.8) is 0 Å². The summed E-state index contributed by atoms with van der Waals surface area (Å²) in [4.78, 5) is 15.8. The predicted molar refractivity (Wildman–Crippen MR) is 105 cm³/mol. The van der Waals surface area contributed by atoms with Gasteiger partial charge >= 0.3 is 12.2 Å². The Morgan fingerprint density at radius 1 is 1.22 bits per heavy atom. The van der Waals surface area contributed by atoms with Crippen molar-refractivity contribution in [2.24, 2.45) is 5.92 Å². The molecule has 3 unspecified atom stereocenters. The van der Waals surface area contributed by atoms with Gasteiger partial charge < -0.3 is 14.6 Å². The van der Waals surface area contributed by atoms with E-state index < -0.39 is 23.3 Å². The van der Waals surface area contributed by atoms with Crippen molar-refractivity contribution in [2.75, 3.05) is 5.32 Å². The molecule has 32 heavy (non-hydrogen) atoms. The molecule has 1 saturated heterocycles. The summed E-state index contributed by atoms with van der Waals surface area (Å²) in [6, 6.07) is 2.90. The van der Waals surface area contributed by atoms with Gasteiger partial charge in [-0.25, -0.2) is 4.79 Å². The van der Waals surface area contributed by atoms with Gasteiger partial charge in [0.25, 0.3) is 0 Å². The second-order valence-electron chi connectivity index (χ2n) is 8.41.